The fourth-order valence-electron chi connectivity index (χ4n) is 2.03. The second-order valence-corrected chi connectivity index (χ2v) is 6.07. The van der Waals surface area contributed by atoms with Gasteiger partial charge in [0, 0.05) is 6.04 Å². The van der Waals surface area contributed by atoms with Gasteiger partial charge in [0.25, 0.3) is 6.43 Å². The van der Waals surface area contributed by atoms with Gasteiger partial charge in [-0.25, -0.2) is 17.2 Å². The second kappa shape index (κ2) is 4.70. The minimum atomic E-state index is -3.24. The summed E-state index contributed by atoms with van der Waals surface area (Å²) in [5, 5.41) is 2.70. The van der Waals surface area contributed by atoms with Crippen molar-refractivity contribution in [1.82, 2.24) is 5.32 Å². The van der Waals surface area contributed by atoms with Gasteiger partial charge in [-0.1, -0.05) is 18.2 Å². The zero-order chi connectivity index (χ0) is 12.5. The highest BCUT2D eigenvalue weighted by atomic mass is 32.2. The molecule has 1 aromatic rings. The lowest BCUT2D eigenvalue weighted by Crippen LogP contribution is -2.32. The molecule has 1 aromatic carbocycles. The van der Waals surface area contributed by atoms with E-state index in [1.807, 2.05) is 0 Å². The normalized spacial score (nSPS) is 22.4. The average molecular weight is 261 g/mol. The Balaban J connectivity index is 2.29. The molecule has 0 aromatic heterocycles. The third-order valence-corrected chi connectivity index (χ3v) is 4.64. The van der Waals surface area contributed by atoms with E-state index >= 15 is 0 Å². The molecule has 3 nitrogen and oxygen atoms in total. The van der Waals surface area contributed by atoms with Gasteiger partial charge in [0.2, 0.25) is 0 Å². The fraction of sp³-hybridized carbons (Fsp3) is 0.455. The van der Waals surface area contributed by atoms with E-state index in [1.54, 1.807) is 18.2 Å². The first-order valence-corrected chi connectivity index (χ1v) is 6.99. The third kappa shape index (κ3) is 2.63. The maximum Gasteiger partial charge on any atom is 0.250 e. The van der Waals surface area contributed by atoms with Crippen LogP contribution in [-0.4, -0.2) is 27.1 Å². The molecule has 94 valence electrons. The lowest BCUT2D eigenvalue weighted by molar-refractivity contribution is 0.140. The van der Waals surface area contributed by atoms with Crippen LogP contribution >= 0.6 is 0 Å². The molecule has 2 rings (SSSR count). The van der Waals surface area contributed by atoms with Crippen LogP contribution in [0.25, 0.3) is 0 Å². The standard InChI is InChI=1S/C11H13F2NO2S/c12-11(13)7-14-9-5-6-17(15,16)10-4-2-1-3-8(9)10/h1-4,9,11,14H,5-7H2. The summed E-state index contributed by atoms with van der Waals surface area (Å²) in [6.45, 7) is -0.418. The zero-order valence-corrected chi connectivity index (χ0v) is 9.88. The highest BCUT2D eigenvalue weighted by Gasteiger charge is 2.29. The molecule has 1 unspecified atom stereocenters. The Labute approximate surface area is 98.8 Å². The summed E-state index contributed by atoms with van der Waals surface area (Å²) >= 11 is 0. The SMILES string of the molecule is O=S1(=O)CCC(NCC(F)F)c2ccccc21. The Bertz CT molecular complexity index is 502. The van der Waals surface area contributed by atoms with Crippen molar-refractivity contribution in [1.29, 1.82) is 0 Å². The summed E-state index contributed by atoms with van der Waals surface area (Å²) < 4.78 is 47.8. The van der Waals surface area contributed by atoms with Crippen LogP contribution in [0.2, 0.25) is 0 Å². The molecule has 0 radical (unpaired) electrons. The molecule has 0 spiro atoms. The molecule has 0 saturated heterocycles. The predicted molar refractivity (Wildman–Crippen MR) is 59.9 cm³/mol. The van der Waals surface area contributed by atoms with Crippen molar-refractivity contribution in [2.24, 2.45) is 0 Å². The van der Waals surface area contributed by atoms with Crippen LogP contribution in [0.15, 0.2) is 29.2 Å². The van der Waals surface area contributed by atoms with Gasteiger partial charge in [0.05, 0.1) is 17.2 Å². The van der Waals surface area contributed by atoms with E-state index in [4.69, 9.17) is 0 Å². The van der Waals surface area contributed by atoms with Crippen molar-refractivity contribution < 1.29 is 17.2 Å². The quantitative estimate of drug-likeness (QED) is 0.901. The lowest BCUT2D eigenvalue weighted by Gasteiger charge is -2.26. The van der Waals surface area contributed by atoms with E-state index in [0.29, 0.717) is 12.0 Å². The van der Waals surface area contributed by atoms with Gasteiger partial charge < -0.3 is 5.32 Å². The largest absolute Gasteiger partial charge is 0.304 e. The van der Waals surface area contributed by atoms with E-state index < -0.39 is 22.8 Å². The van der Waals surface area contributed by atoms with Gasteiger partial charge in [-0.2, -0.15) is 0 Å². The number of nitrogens with one attached hydrogen (secondary N) is 1. The monoisotopic (exact) mass is 261 g/mol. The van der Waals surface area contributed by atoms with Crippen LogP contribution in [0.3, 0.4) is 0 Å². The molecular weight excluding hydrogens is 248 g/mol. The van der Waals surface area contributed by atoms with Gasteiger partial charge in [-0.3, -0.25) is 0 Å². The molecule has 1 aliphatic heterocycles. The first-order chi connectivity index (χ1) is 8.00. The van der Waals surface area contributed by atoms with Crippen LogP contribution in [0.4, 0.5) is 8.78 Å². The fourth-order valence-corrected chi connectivity index (χ4v) is 3.65. The summed E-state index contributed by atoms with van der Waals surface area (Å²) in [5.74, 6) is 0.00488. The molecule has 0 bridgehead atoms. The number of alkyl halides is 2. The van der Waals surface area contributed by atoms with Gasteiger partial charge in [0.15, 0.2) is 9.84 Å². The van der Waals surface area contributed by atoms with Crippen LogP contribution in [0.1, 0.15) is 18.0 Å². The van der Waals surface area contributed by atoms with E-state index in [-0.39, 0.29) is 16.7 Å². The summed E-state index contributed by atoms with van der Waals surface area (Å²) in [7, 11) is -3.24. The number of fused-ring (bicyclic) bond motifs is 1. The molecule has 17 heavy (non-hydrogen) atoms. The lowest BCUT2D eigenvalue weighted by atomic mass is 10.0. The van der Waals surface area contributed by atoms with Crippen molar-refractivity contribution in [3.8, 4) is 0 Å². The molecule has 0 saturated carbocycles. The molecule has 1 atom stereocenters. The number of rotatable bonds is 3. The summed E-state index contributed by atoms with van der Waals surface area (Å²) in [6, 6.07) is 6.27. The molecule has 6 heteroatoms. The Morgan fingerprint density at radius 1 is 1.35 bits per heavy atom. The molecule has 0 amide bonds. The second-order valence-electron chi connectivity index (χ2n) is 4.00. The molecule has 1 N–H and O–H groups in total. The average Bonchev–Trinajstić information content (AvgIpc) is 2.28. The minimum Gasteiger partial charge on any atom is -0.304 e. The number of halogens is 2. The highest BCUT2D eigenvalue weighted by Crippen LogP contribution is 2.31. The van der Waals surface area contributed by atoms with Crippen molar-refractivity contribution in [2.75, 3.05) is 12.3 Å². The topological polar surface area (TPSA) is 46.2 Å². The number of hydrogen-bond donors (Lipinski definition) is 1. The smallest absolute Gasteiger partial charge is 0.250 e. The van der Waals surface area contributed by atoms with E-state index in [1.165, 1.54) is 6.07 Å². The van der Waals surface area contributed by atoms with Crippen molar-refractivity contribution in [3.05, 3.63) is 29.8 Å². The first-order valence-electron chi connectivity index (χ1n) is 5.34. The maximum atomic E-state index is 12.1. The third-order valence-electron chi connectivity index (χ3n) is 2.82. The van der Waals surface area contributed by atoms with Gasteiger partial charge in [0.1, 0.15) is 0 Å². The minimum absolute atomic E-state index is 0.00488. The van der Waals surface area contributed by atoms with Crippen LogP contribution < -0.4 is 5.32 Å². The molecule has 1 aliphatic rings. The molecule has 0 fully saturated rings. The number of sulfone groups is 1. The summed E-state index contributed by atoms with van der Waals surface area (Å²) in [6.07, 6.45) is -2.09. The van der Waals surface area contributed by atoms with E-state index in [0.717, 1.165) is 0 Å². The van der Waals surface area contributed by atoms with Crippen LogP contribution in [-0.2, 0) is 9.84 Å². The van der Waals surface area contributed by atoms with Crippen molar-refractivity contribution in [3.63, 3.8) is 0 Å². The highest BCUT2D eigenvalue weighted by molar-refractivity contribution is 7.91. The number of hydrogen-bond acceptors (Lipinski definition) is 3. The zero-order valence-electron chi connectivity index (χ0n) is 9.07. The van der Waals surface area contributed by atoms with Gasteiger partial charge in [-0.05, 0) is 18.1 Å². The van der Waals surface area contributed by atoms with Crippen LogP contribution in [0, 0.1) is 0 Å². The Hall–Kier alpha value is -1.01. The first kappa shape index (κ1) is 12.4. The summed E-state index contributed by atoms with van der Waals surface area (Å²) in [5.41, 5.74) is 0.597. The molecule has 0 aliphatic carbocycles. The summed E-state index contributed by atoms with van der Waals surface area (Å²) in [4.78, 5) is 0.262. The van der Waals surface area contributed by atoms with E-state index in [2.05, 4.69) is 5.32 Å². The maximum absolute atomic E-state index is 12.1. The van der Waals surface area contributed by atoms with Crippen molar-refractivity contribution >= 4 is 9.84 Å². The molecule has 1 heterocycles. The predicted octanol–water partition coefficient (Wildman–Crippen LogP) is 1.76. The number of benzene rings is 1. The van der Waals surface area contributed by atoms with Gasteiger partial charge >= 0.3 is 0 Å². The van der Waals surface area contributed by atoms with Crippen LogP contribution in [0.5, 0.6) is 0 Å². The Kier molecular flexibility index (Phi) is 3.44. The van der Waals surface area contributed by atoms with E-state index in [9.17, 15) is 17.2 Å². The Morgan fingerprint density at radius 2 is 2.06 bits per heavy atom. The Morgan fingerprint density at radius 3 is 2.76 bits per heavy atom. The molecular formula is C11H13F2NO2S. The van der Waals surface area contributed by atoms with Crippen molar-refractivity contribution in [2.45, 2.75) is 23.8 Å². The van der Waals surface area contributed by atoms with Gasteiger partial charge in [-0.15, -0.1) is 0 Å².